The summed E-state index contributed by atoms with van der Waals surface area (Å²) in [5.41, 5.74) is 1.61. The fourth-order valence-electron chi connectivity index (χ4n) is 3.16. The number of amides is 1. The first-order chi connectivity index (χ1) is 10.1. The van der Waals surface area contributed by atoms with Gasteiger partial charge in [0.2, 0.25) is 0 Å². The summed E-state index contributed by atoms with van der Waals surface area (Å²) in [7, 11) is 0. The van der Waals surface area contributed by atoms with Crippen molar-refractivity contribution in [2.75, 3.05) is 0 Å². The van der Waals surface area contributed by atoms with E-state index in [2.05, 4.69) is 45.0 Å². The van der Waals surface area contributed by atoms with Crippen LogP contribution in [-0.4, -0.2) is 22.1 Å². The molecule has 1 fully saturated rings. The molecular weight excluding hydrogens is 377 g/mol. The van der Waals surface area contributed by atoms with Crippen molar-refractivity contribution >= 4 is 39.4 Å². The van der Waals surface area contributed by atoms with Crippen molar-refractivity contribution in [3.8, 4) is 0 Å². The molecule has 0 saturated heterocycles. The maximum atomic E-state index is 12.4. The zero-order chi connectivity index (χ0) is 14.8. The zero-order valence-electron chi connectivity index (χ0n) is 12.2. The van der Waals surface area contributed by atoms with E-state index in [1.807, 2.05) is 18.2 Å². The first-order valence-electron chi connectivity index (χ1n) is 7.59. The third kappa shape index (κ3) is 3.22. The number of benzene rings is 1. The molecule has 3 rings (SSSR count). The molecule has 0 bridgehead atoms. The third-order valence-electron chi connectivity index (χ3n) is 4.49. The molecule has 1 aromatic heterocycles. The van der Waals surface area contributed by atoms with Crippen LogP contribution in [-0.2, 0) is 0 Å². The fraction of sp³-hybridized carbons (Fsp3) is 0.500. The molecule has 1 amide bonds. The van der Waals surface area contributed by atoms with Crippen LogP contribution in [0, 0.1) is 9.62 Å². The van der Waals surface area contributed by atoms with Gasteiger partial charge in [-0.25, -0.2) is 0 Å². The van der Waals surface area contributed by atoms with Gasteiger partial charge in [0.05, 0.1) is 5.52 Å². The van der Waals surface area contributed by atoms with E-state index in [-0.39, 0.29) is 11.9 Å². The Labute approximate surface area is 138 Å². The first-order valence-corrected chi connectivity index (χ1v) is 8.67. The Bertz CT molecular complexity index is 646. The Morgan fingerprint density at radius 1 is 1.38 bits per heavy atom. The van der Waals surface area contributed by atoms with Crippen LogP contribution >= 0.6 is 22.6 Å². The number of carbonyl (C=O) groups is 1. The Kier molecular flexibility index (Phi) is 4.47. The lowest BCUT2D eigenvalue weighted by atomic mass is 9.84. The van der Waals surface area contributed by atoms with Crippen molar-refractivity contribution in [1.29, 1.82) is 0 Å². The highest BCUT2D eigenvalue weighted by Crippen LogP contribution is 2.26. The number of carbonyl (C=O) groups excluding carboxylic acids is 1. The van der Waals surface area contributed by atoms with Crippen LogP contribution < -0.4 is 5.32 Å². The molecule has 1 aliphatic rings. The number of halogens is 1. The average Bonchev–Trinajstić information content (AvgIpc) is 2.89. The molecule has 112 valence electrons. The molecule has 1 saturated carbocycles. The summed E-state index contributed by atoms with van der Waals surface area (Å²) in [6.45, 7) is 2.13. The number of H-pyrrole nitrogens is 1. The van der Waals surface area contributed by atoms with Gasteiger partial charge in [-0.1, -0.05) is 19.3 Å². The molecule has 2 aromatic rings. The molecule has 0 aliphatic heterocycles. The quantitative estimate of drug-likeness (QED) is 0.773. The van der Waals surface area contributed by atoms with E-state index in [1.54, 1.807) is 0 Å². The Morgan fingerprint density at radius 2 is 2.14 bits per heavy atom. The number of nitrogens with zero attached hydrogens (tertiary/aromatic N) is 1. The van der Waals surface area contributed by atoms with Gasteiger partial charge < -0.3 is 5.32 Å². The lowest BCUT2D eigenvalue weighted by Crippen LogP contribution is -2.38. The van der Waals surface area contributed by atoms with Crippen LogP contribution in [0.5, 0.6) is 0 Å². The number of aromatic nitrogens is 2. The largest absolute Gasteiger partial charge is 0.349 e. The molecule has 1 atom stereocenters. The third-order valence-corrected chi connectivity index (χ3v) is 5.31. The smallest absolute Gasteiger partial charge is 0.251 e. The molecule has 0 radical (unpaired) electrons. The van der Waals surface area contributed by atoms with Crippen molar-refractivity contribution in [3.63, 3.8) is 0 Å². The van der Waals surface area contributed by atoms with E-state index in [9.17, 15) is 4.79 Å². The summed E-state index contributed by atoms with van der Waals surface area (Å²) in [5, 5.41) is 11.3. The van der Waals surface area contributed by atoms with Crippen molar-refractivity contribution < 1.29 is 4.79 Å². The molecular formula is C16H20IN3O. The van der Waals surface area contributed by atoms with E-state index >= 15 is 0 Å². The summed E-state index contributed by atoms with van der Waals surface area (Å²) in [6.07, 6.45) is 6.40. The number of rotatable bonds is 3. The summed E-state index contributed by atoms with van der Waals surface area (Å²) in [5.74, 6) is 0.646. The van der Waals surface area contributed by atoms with E-state index < -0.39 is 0 Å². The van der Waals surface area contributed by atoms with Gasteiger partial charge >= 0.3 is 0 Å². The molecule has 4 nitrogen and oxygen atoms in total. The van der Waals surface area contributed by atoms with Crippen molar-refractivity contribution in [2.45, 2.75) is 45.1 Å². The maximum Gasteiger partial charge on any atom is 0.251 e. The fourth-order valence-corrected chi connectivity index (χ4v) is 3.71. The summed E-state index contributed by atoms with van der Waals surface area (Å²) >= 11 is 2.20. The minimum absolute atomic E-state index is 0.0203. The minimum atomic E-state index is 0.0203. The van der Waals surface area contributed by atoms with Gasteiger partial charge in [0.1, 0.15) is 3.70 Å². The second kappa shape index (κ2) is 6.34. The Hall–Kier alpha value is -1.11. The van der Waals surface area contributed by atoms with Gasteiger partial charge in [-0.15, -0.1) is 0 Å². The minimum Gasteiger partial charge on any atom is -0.349 e. The van der Waals surface area contributed by atoms with E-state index in [0.717, 1.165) is 14.6 Å². The average molecular weight is 397 g/mol. The number of hydrogen-bond acceptors (Lipinski definition) is 2. The zero-order valence-corrected chi connectivity index (χ0v) is 14.3. The van der Waals surface area contributed by atoms with Crippen molar-refractivity contribution in [2.24, 2.45) is 5.92 Å². The second-order valence-electron chi connectivity index (χ2n) is 5.93. The standard InChI is InChI=1S/C16H20IN3O/c1-10(11-5-3-2-4-6-11)18-16(21)12-7-8-14-13(9-12)15(17)20-19-14/h7-11H,2-6H2,1H3,(H,18,21)(H,19,20)/t10-/m1/s1. The summed E-state index contributed by atoms with van der Waals surface area (Å²) in [4.78, 5) is 12.4. The normalized spacial score (nSPS) is 17.8. The number of hydrogen-bond donors (Lipinski definition) is 2. The van der Waals surface area contributed by atoms with Crippen LogP contribution in [0.2, 0.25) is 0 Å². The van der Waals surface area contributed by atoms with Gasteiger partial charge in [0.15, 0.2) is 0 Å². The monoisotopic (exact) mass is 397 g/mol. The predicted octanol–water partition coefficient (Wildman–Crippen LogP) is 3.87. The molecule has 2 N–H and O–H groups in total. The molecule has 1 heterocycles. The molecule has 0 spiro atoms. The van der Waals surface area contributed by atoms with Gasteiger partial charge in [-0.2, -0.15) is 5.10 Å². The van der Waals surface area contributed by atoms with Gasteiger partial charge in [0.25, 0.3) is 5.91 Å². The van der Waals surface area contributed by atoms with Gasteiger partial charge in [-0.05, 0) is 66.5 Å². The van der Waals surface area contributed by atoms with Crippen molar-refractivity contribution in [3.05, 3.63) is 27.5 Å². The van der Waals surface area contributed by atoms with E-state index in [0.29, 0.717) is 11.5 Å². The van der Waals surface area contributed by atoms with E-state index in [4.69, 9.17) is 0 Å². The lowest BCUT2D eigenvalue weighted by molar-refractivity contribution is 0.0919. The molecule has 0 unspecified atom stereocenters. The summed E-state index contributed by atoms with van der Waals surface area (Å²) in [6, 6.07) is 5.91. The highest BCUT2D eigenvalue weighted by atomic mass is 127. The van der Waals surface area contributed by atoms with Gasteiger partial charge in [-0.3, -0.25) is 9.89 Å². The van der Waals surface area contributed by atoms with Crippen LogP contribution in [0.15, 0.2) is 18.2 Å². The molecule has 1 aliphatic carbocycles. The maximum absolute atomic E-state index is 12.4. The van der Waals surface area contributed by atoms with Gasteiger partial charge in [0, 0.05) is 17.0 Å². The number of nitrogens with one attached hydrogen (secondary N) is 2. The van der Waals surface area contributed by atoms with Crippen LogP contribution in [0.3, 0.4) is 0 Å². The van der Waals surface area contributed by atoms with Crippen LogP contribution in [0.4, 0.5) is 0 Å². The number of fused-ring (bicyclic) bond motifs is 1. The summed E-state index contributed by atoms with van der Waals surface area (Å²) < 4.78 is 0.970. The number of aromatic amines is 1. The van der Waals surface area contributed by atoms with Crippen LogP contribution in [0.25, 0.3) is 10.9 Å². The molecule has 5 heteroatoms. The second-order valence-corrected chi connectivity index (χ2v) is 7.01. The lowest BCUT2D eigenvalue weighted by Gasteiger charge is -2.28. The first kappa shape index (κ1) is 14.8. The van der Waals surface area contributed by atoms with Crippen LogP contribution in [0.1, 0.15) is 49.4 Å². The Balaban J connectivity index is 1.72. The highest BCUT2D eigenvalue weighted by Gasteiger charge is 2.22. The topological polar surface area (TPSA) is 57.8 Å². The highest BCUT2D eigenvalue weighted by molar-refractivity contribution is 14.1. The SMILES string of the molecule is C[C@@H](NC(=O)c1ccc2n[nH]c(I)c2c1)C1CCCCC1. The Morgan fingerprint density at radius 3 is 2.90 bits per heavy atom. The molecule has 21 heavy (non-hydrogen) atoms. The predicted molar refractivity (Wildman–Crippen MR) is 92.3 cm³/mol. The molecule has 1 aromatic carbocycles. The van der Waals surface area contributed by atoms with E-state index in [1.165, 1.54) is 32.1 Å². The van der Waals surface area contributed by atoms with Crippen molar-refractivity contribution in [1.82, 2.24) is 15.5 Å².